The number of benzene rings is 1. The minimum atomic E-state index is 0.000880. The molecule has 17 heavy (non-hydrogen) atoms. The van der Waals surface area contributed by atoms with Crippen LogP contribution >= 0.6 is 0 Å². The number of nitrogens with two attached hydrogens (primary N) is 1. The second kappa shape index (κ2) is 5.82. The quantitative estimate of drug-likeness (QED) is 0.838. The molecule has 0 fully saturated rings. The van der Waals surface area contributed by atoms with Crippen LogP contribution < -0.4 is 11.1 Å². The Balaban J connectivity index is 2.89. The third-order valence-electron chi connectivity index (χ3n) is 2.88. The highest BCUT2D eigenvalue weighted by Crippen LogP contribution is 2.16. The van der Waals surface area contributed by atoms with Crippen LogP contribution in [0.25, 0.3) is 0 Å². The number of nitrogens with one attached hydrogen (secondary N) is 1. The van der Waals surface area contributed by atoms with Crippen LogP contribution in [0, 0.1) is 20.8 Å². The monoisotopic (exact) mass is 234 g/mol. The molecule has 1 rings (SSSR count). The van der Waals surface area contributed by atoms with Crippen molar-refractivity contribution in [3.05, 3.63) is 34.4 Å². The first-order chi connectivity index (χ1) is 7.95. The van der Waals surface area contributed by atoms with Crippen molar-refractivity contribution in [3.63, 3.8) is 0 Å². The van der Waals surface area contributed by atoms with E-state index in [1.54, 1.807) is 0 Å². The predicted octanol–water partition coefficient (Wildman–Crippen LogP) is 2.08. The zero-order valence-electron chi connectivity index (χ0n) is 11.1. The molecule has 1 amide bonds. The van der Waals surface area contributed by atoms with Crippen LogP contribution in [0.1, 0.15) is 40.4 Å². The summed E-state index contributed by atoms with van der Waals surface area (Å²) in [5.74, 6) is 0.000880. The molecule has 0 aliphatic carbocycles. The van der Waals surface area contributed by atoms with Crippen molar-refractivity contribution >= 4 is 5.91 Å². The molecule has 1 atom stereocenters. The van der Waals surface area contributed by atoms with Gasteiger partial charge < -0.3 is 11.1 Å². The van der Waals surface area contributed by atoms with Gasteiger partial charge in [0.1, 0.15) is 0 Å². The summed E-state index contributed by atoms with van der Waals surface area (Å²) in [5.41, 5.74) is 9.51. The number of hydrogen-bond donors (Lipinski definition) is 2. The van der Waals surface area contributed by atoms with Crippen molar-refractivity contribution < 1.29 is 4.79 Å². The Morgan fingerprint density at radius 2 is 1.82 bits per heavy atom. The van der Waals surface area contributed by atoms with Gasteiger partial charge in [0.05, 0.1) is 0 Å². The minimum Gasteiger partial charge on any atom is -0.350 e. The number of amides is 1. The summed E-state index contributed by atoms with van der Waals surface area (Å²) in [4.78, 5) is 12.1. The average molecular weight is 234 g/mol. The summed E-state index contributed by atoms with van der Waals surface area (Å²) in [7, 11) is 0. The molecule has 3 heteroatoms. The predicted molar refractivity (Wildman–Crippen MR) is 71.3 cm³/mol. The van der Waals surface area contributed by atoms with Crippen LogP contribution in [0.4, 0.5) is 0 Å². The molecule has 0 bridgehead atoms. The zero-order valence-corrected chi connectivity index (χ0v) is 11.1. The zero-order chi connectivity index (χ0) is 13.0. The van der Waals surface area contributed by atoms with E-state index in [2.05, 4.69) is 5.32 Å². The van der Waals surface area contributed by atoms with Gasteiger partial charge in [-0.3, -0.25) is 4.79 Å². The largest absolute Gasteiger partial charge is 0.350 e. The van der Waals surface area contributed by atoms with E-state index in [9.17, 15) is 4.79 Å². The van der Waals surface area contributed by atoms with Crippen LogP contribution in [0.15, 0.2) is 12.1 Å². The first kappa shape index (κ1) is 13.7. The highest BCUT2D eigenvalue weighted by atomic mass is 16.1. The van der Waals surface area contributed by atoms with Gasteiger partial charge in [-0.15, -0.1) is 0 Å². The summed E-state index contributed by atoms with van der Waals surface area (Å²) < 4.78 is 0. The topological polar surface area (TPSA) is 55.1 Å². The molecule has 3 nitrogen and oxygen atoms in total. The fourth-order valence-corrected chi connectivity index (χ4v) is 2.16. The number of aryl methyl sites for hydroxylation is 3. The maximum absolute atomic E-state index is 12.1. The number of hydrogen-bond acceptors (Lipinski definition) is 2. The summed E-state index contributed by atoms with van der Waals surface area (Å²) in [6, 6.07) is 4.19. The Bertz CT molecular complexity index is 390. The Labute approximate surface area is 103 Å². The molecule has 0 aromatic heterocycles. The van der Waals surface area contributed by atoms with Gasteiger partial charge >= 0.3 is 0 Å². The van der Waals surface area contributed by atoms with Crippen molar-refractivity contribution in [3.8, 4) is 0 Å². The van der Waals surface area contributed by atoms with Crippen LogP contribution in [0.2, 0.25) is 0 Å². The Hall–Kier alpha value is -1.35. The standard InChI is InChI=1S/C14H22N2O/c1-9-7-10(2)13(11(3)8-9)14(17)16-12(4)5-6-15/h7-8,12H,5-6,15H2,1-4H3,(H,16,17). The second-order valence-corrected chi connectivity index (χ2v) is 4.73. The van der Waals surface area contributed by atoms with E-state index in [4.69, 9.17) is 5.73 Å². The lowest BCUT2D eigenvalue weighted by atomic mass is 9.99. The highest BCUT2D eigenvalue weighted by molar-refractivity contribution is 5.97. The summed E-state index contributed by atoms with van der Waals surface area (Å²) >= 11 is 0. The minimum absolute atomic E-state index is 0.000880. The molecule has 94 valence electrons. The highest BCUT2D eigenvalue weighted by Gasteiger charge is 2.14. The van der Waals surface area contributed by atoms with Gasteiger partial charge in [0, 0.05) is 11.6 Å². The molecule has 1 aromatic rings. The molecular weight excluding hydrogens is 212 g/mol. The summed E-state index contributed by atoms with van der Waals surface area (Å²) in [6.07, 6.45) is 0.801. The van der Waals surface area contributed by atoms with E-state index in [1.165, 1.54) is 5.56 Å². The maximum Gasteiger partial charge on any atom is 0.252 e. The average Bonchev–Trinajstić information content (AvgIpc) is 2.15. The molecular formula is C14H22N2O. The van der Waals surface area contributed by atoms with E-state index in [0.29, 0.717) is 6.54 Å². The Morgan fingerprint density at radius 1 is 1.29 bits per heavy atom. The molecule has 0 spiro atoms. The molecule has 1 unspecified atom stereocenters. The molecule has 0 aliphatic heterocycles. The second-order valence-electron chi connectivity index (χ2n) is 4.73. The van der Waals surface area contributed by atoms with Crippen LogP contribution in [-0.4, -0.2) is 18.5 Å². The Kier molecular flexibility index (Phi) is 4.70. The smallest absolute Gasteiger partial charge is 0.252 e. The van der Waals surface area contributed by atoms with Crippen molar-refractivity contribution in [1.82, 2.24) is 5.32 Å². The lowest BCUT2D eigenvalue weighted by Gasteiger charge is -2.16. The molecule has 3 N–H and O–H groups in total. The summed E-state index contributed by atoms with van der Waals surface area (Å²) in [5, 5.41) is 2.98. The normalized spacial score (nSPS) is 12.3. The van der Waals surface area contributed by atoms with E-state index in [0.717, 1.165) is 23.1 Å². The van der Waals surface area contributed by atoms with Crippen molar-refractivity contribution in [2.75, 3.05) is 6.54 Å². The van der Waals surface area contributed by atoms with E-state index < -0.39 is 0 Å². The van der Waals surface area contributed by atoms with Gasteiger partial charge in [0.15, 0.2) is 0 Å². The van der Waals surface area contributed by atoms with Gasteiger partial charge in [-0.1, -0.05) is 17.7 Å². The third-order valence-corrected chi connectivity index (χ3v) is 2.88. The van der Waals surface area contributed by atoms with Gasteiger partial charge in [-0.2, -0.15) is 0 Å². The SMILES string of the molecule is Cc1cc(C)c(C(=O)NC(C)CCN)c(C)c1. The number of carbonyl (C=O) groups excluding carboxylic acids is 1. The first-order valence-corrected chi connectivity index (χ1v) is 6.04. The number of rotatable bonds is 4. The van der Waals surface area contributed by atoms with Crippen LogP contribution in [-0.2, 0) is 0 Å². The fourth-order valence-electron chi connectivity index (χ4n) is 2.16. The molecule has 1 aromatic carbocycles. The lowest BCUT2D eigenvalue weighted by molar-refractivity contribution is 0.0937. The Morgan fingerprint density at radius 3 is 2.29 bits per heavy atom. The summed E-state index contributed by atoms with van der Waals surface area (Å²) in [6.45, 7) is 8.56. The molecule has 0 saturated carbocycles. The van der Waals surface area contributed by atoms with Gasteiger partial charge in [-0.05, 0) is 51.8 Å². The molecule has 0 saturated heterocycles. The van der Waals surface area contributed by atoms with Gasteiger partial charge in [0.25, 0.3) is 5.91 Å². The van der Waals surface area contributed by atoms with Crippen molar-refractivity contribution in [2.24, 2.45) is 5.73 Å². The molecule has 0 aliphatic rings. The van der Waals surface area contributed by atoms with E-state index in [-0.39, 0.29) is 11.9 Å². The third kappa shape index (κ3) is 3.56. The van der Waals surface area contributed by atoms with Crippen molar-refractivity contribution in [2.45, 2.75) is 40.2 Å². The van der Waals surface area contributed by atoms with Gasteiger partial charge in [-0.25, -0.2) is 0 Å². The lowest BCUT2D eigenvalue weighted by Crippen LogP contribution is -2.34. The van der Waals surface area contributed by atoms with Gasteiger partial charge in [0.2, 0.25) is 0 Å². The van der Waals surface area contributed by atoms with E-state index >= 15 is 0 Å². The maximum atomic E-state index is 12.1. The van der Waals surface area contributed by atoms with Crippen LogP contribution in [0.3, 0.4) is 0 Å². The van der Waals surface area contributed by atoms with E-state index in [1.807, 2.05) is 39.8 Å². The fraction of sp³-hybridized carbons (Fsp3) is 0.500. The first-order valence-electron chi connectivity index (χ1n) is 6.04. The van der Waals surface area contributed by atoms with Crippen molar-refractivity contribution in [1.29, 1.82) is 0 Å². The van der Waals surface area contributed by atoms with Crippen LogP contribution in [0.5, 0.6) is 0 Å². The molecule has 0 heterocycles. The molecule has 0 radical (unpaired) electrons. The number of carbonyl (C=O) groups is 1.